The molecule has 184 valence electrons. The molecule has 0 bridgehead atoms. The van der Waals surface area contributed by atoms with Crippen LogP contribution in [-0.2, 0) is 6.54 Å². The van der Waals surface area contributed by atoms with Crippen LogP contribution in [0.4, 0.5) is 11.8 Å². The summed E-state index contributed by atoms with van der Waals surface area (Å²) in [6.45, 7) is 5.46. The molecular weight excluding hydrogens is 448 g/mol. The van der Waals surface area contributed by atoms with Crippen molar-refractivity contribution in [3.63, 3.8) is 0 Å². The molecule has 2 aliphatic rings. The Balaban J connectivity index is 1.46. The van der Waals surface area contributed by atoms with Crippen LogP contribution >= 0.6 is 11.6 Å². The third-order valence-electron chi connectivity index (χ3n) is 7.17. The highest BCUT2D eigenvalue weighted by Gasteiger charge is 2.28. The van der Waals surface area contributed by atoms with Gasteiger partial charge in [-0.25, -0.2) is 4.98 Å². The first kappa shape index (κ1) is 24.7. The van der Waals surface area contributed by atoms with Crippen molar-refractivity contribution in [2.24, 2.45) is 0 Å². The predicted octanol–water partition coefficient (Wildman–Crippen LogP) is 5.35. The quantitative estimate of drug-likeness (QED) is 0.491. The number of hydrogen-bond acceptors (Lipinski definition) is 6. The van der Waals surface area contributed by atoms with Crippen molar-refractivity contribution in [2.75, 3.05) is 10.7 Å². The molecule has 4 rings (SSSR count). The molecule has 1 aromatic carbocycles. The zero-order valence-corrected chi connectivity index (χ0v) is 21.1. The van der Waals surface area contributed by atoms with E-state index in [-0.39, 0.29) is 17.9 Å². The third-order valence-corrected chi connectivity index (χ3v) is 7.44. The van der Waals surface area contributed by atoms with Gasteiger partial charge in [0, 0.05) is 24.2 Å². The number of anilines is 2. The number of carbonyl (C=O) groups is 1. The first-order valence-electron chi connectivity index (χ1n) is 12.7. The Bertz CT molecular complexity index is 954. The van der Waals surface area contributed by atoms with E-state index in [0.29, 0.717) is 28.5 Å². The van der Waals surface area contributed by atoms with Crippen molar-refractivity contribution in [3.8, 4) is 0 Å². The fourth-order valence-corrected chi connectivity index (χ4v) is 5.49. The van der Waals surface area contributed by atoms with Crippen LogP contribution < -0.4 is 16.2 Å². The molecule has 2 aromatic rings. The number of hydrogen-bond donors (Lipinski definition) is 2. The molecule has 3 N–H and O–H groups in total. The minimum atomic E-state index is -0.181. The second kappa shape index (κ2) is 11.4. The lowest BCUT2D eigenvalue weighted by molar-refractivity contribution is 0.0943. The molecule has 1 heterocycles. The predicted molar refractivity (Wildman–Crippen MR) is 138 cm³/mol. The molecular formula is C26H37ClN6O. The van der Waals surface area contributed by atoms with Gasteiger partial charge in [0.1, 0.15) is 5.02 Å². The topological polar surface area (TPSA) is 87.4 Å². The van der Waals surface area contributed by atoms with Gasteiger partial charge in [-0.05, 0) is 57.2 Å². The molecule has 0 radical (unpaired) electrons. The number of aromatic nitrogens is 2. The fraction of sp³-hybridized carbons (Fsp3) is 0.577. The summed E-state index contributed by atoms with van der Waals surface area (Å²) in [5, 5.41) is 2.15. The number of rotatable bonds is 8. The summed E-state index contributed by atoms with van der Waals surface area (Å²) in [6, 6.07) is 9.24. The average Bonchev–Trinajstić information content (AvgIpc) is 3.38. The van der Waals surface area contributed by atoms with E-state index < -0.39 is 0 Å². The summed E-state index contributed by atoms with van der Waals surface area (Å²) in [7, 11) is 0. The summed E-state index contributed by atoms with van der Waals surface area (Å²) in [6.07, 6.45) is 12.2. The van der Waals surface area contributed by atoms with E-state index in [9.17, 15) is 4.79 Å². The number of nitrogen functional groups attached to an aromatic ring is 1. The van der Waals surface area contributed by atoms with Crippen molar-refractivity contribution in [2.45, 2.75) is 96.3 Å². The Labute approximate surface area is 208 Å². The normalized spacial score (nSPS) is 17.4. The Hall–Kier alpha value is -2.38. The first-order valence-corrected chi connectivity index (χ1v) is 13.0. The minimum absolute atomic E-state index is 0.130. The molecule has 1 amide bonds. The Morgan fingerprint density at radius 3 is 2.32 bits per heavy atom. The monoisotopic (exact) mass is 484 g/mol. The molecule has 7 nitrogen and oxygen atoms in total. The fourth-order valence-electron chi connectivity index (χ4n) is 5.31. The summed E-state index contributed by atoms with van der Waals surface area (Å²) >= 11 is 6.38. The van der Waals surface area contributed by atoms with E-state index in [0.717, 1.165) is 32.2 Å². The number of nitrogens with one attached hydrogen (secondary N) is 1. The first-order chi connectivity index (χ1) is 16.4. The van der Waals surface area contributed by atoms with Gasteiger partial charge in [-0.3, -0.25) is 20.1 Å². The molecule has 34 heavy (non-hydrogen) atoms. The number of halogens is 1. The number of carbonyl (C=O) groups excluding carboxylic acids is 1. The van der Waals surface area contributed by atoms with E-state index in [1.807, 2.05) is 12.1 Å². The summed E-state index contributed by atoms with van der Waals surface area (Å²) < 4.78 is 0. The van der Waals surface area contributed by atoms with Gasteiger partial charge >= 0.3 is 0 Å². The van der Waals surface area contributed by atoms with Crippen LogP contribution in [0.5, 0.6) is 0 Å². The molecule has 2 aliphatic carbocycles. The summed E-state index contributed by atoms with van der Waals surface area (Å²) in [4.78, 5) is 24.1. The van der Waals surface area contributed by atoms with Crippen LogP contribution in [0.15, 0.2) is 30.5 Å². The van der Waals surface area contributed by atoms with Gasteiger partial charge in [0.05, 0.1) is 12.2 Å². The van der Waals surface area contributed by atoms with E-state index in [2.05, 4.69) is 46.3 Å². The lowest BCUT2D eigenvalue weighted by atomic mass is 9.93. The molecule has 0 atom stereocenters. The highest BCUT2D eigenvalue weighted by atomic mass is 35.5. The van der Waals surface area contributed by atoms with E-state index >= 15 is 0 Å². The summed E-state index contributed by atoms with van der Waals surface area (Å²) in [5.41, 5.74) is 10.7. The van der Waals surface area contributed by atoms with Gasteiger partial charge in [0.25, 0.3) is 5.91 Å². The van der Waals surface area contributed by atoms with E-state index in [1.54, 1.807) is 5.01 Å². The van der Waals surface area contributed by atoms with Gasteiger partial charge in [-0.15, -0.1) is 0 Å². The van der Waals surface area contributed by atoms with Crippen LogP contribution in [-0.4, -0.2) is 38.9 Å². The molecule has 2 saturated carbocycles. The maximum atomic E-state index is 13.2. The number of amides is 1. The van der Waals surface area contributed by atoms with Crippen LogP contribution in [0.2, 0.25) is 5.02 Å². The van der Waals surface area contributed by atoms with Gasteiger partial charge in [0.15, 0.2) is 5.82 Å². The van der Waals surface area contributed by atoms with Gasteiger partial charge < -0.3 is 5.73 Å². The Morgan fingerprint density at radius 1 is 1.06 bits per heavy atom. The van der Waals surface area contributed by atoms with Crippen molar-refractivity contribution in [3.05, 3.63) is 46.6 Å². The highest BCUT2D eigenvalue weighted by molar-refractivity contribution is 6.32. The molecule has 0 spiro atoms. The highest BCUT2D eigenvalue weighted by Crippen LogP contribution is 2.30. The van der Waals surface area contributed by atoms with Crippen molar-refractivity contribution < 1.29 is 4.79 Å². The lowest BCUT2D eigenvalue weighted by Gasteiger charge is -2.37. The Kier molecular flexibility index (Phi) is 8.27. The molecule has 0 unspecified atom stereocenters. The van der Waals surface area contributed by atoms with E-state index in [4.69, 9.17) is 17.3 Å². The maximum absolute atomic E-state index is 13.2. The molecule has 0 aliphatic heterocycles. The second-order valence-corrected chi connectivity index (χ2v) is 10.3. The van der Waals surface area contributed by atoms with E-state index in [1.165, 1.54) is 43.9 Å². The largest absolute Gasteiger partial charge is 0.368 e. The Morgan fingerprint density at radius 2 is 1.68 bits per heavy atom. The summed E-state index contributed by atoms with van der Waals surface area (Å²) in [5.74, 6) is 0.402. The van der Waals surface area contributed by atoms with Crippen LogP contribution in [0.3, 0.4) is 0 Å². The molecule has 8 heteroatoms. The zero-order valence-electron chi connectivity index (χ0n) is 20.3. The van der Waals surface area contributed by atoms with Crippen LogP contribution in [0.1, 0.15) is 87.6 Å². The van der Waals surface area contributed by atoms with Gasteiger partial charge in [0.2, 0.25) is 5.95 Å². The third kappa shape index (κ3) is 5.99. The lowest BCUT2D eigenvalue weighted by Crippen LogP contribution is -2.48. The molecule has 0 saturated heterocycles. The number of nitrogens with zero attached hydrogens (tertiary/aromatic N) is 4. The average molecular weight is 485 g/mol. The SMILES string of the molecule is CC(C)N(Cc1ccc(C(=O)NN(c2nc(N)ncc2Cl)C2CCCC2)cc1)C1CCCCC1. The van der Waals surface area contributed by atoms with Gasteiger partial charge in [-0.1, -0.05) is 55.8 Å². The second-order valence-electron chi connectivity index (χ2n) is 9.90. The van der Waals surface area contributed by atoms with Crippen LogP contribution in [0, 0.1) is 0 Å². The number of nitrogens with two attached hydrogens (primary N) is 1. The van der Waals surface area contributed by atoms with Crippen molar-refractivity contribution in [1.29, 1.82) is 0 Å². The smallest absolute Gasteiger partial charge is 0.269 e. The molecule has 1 aromatic heterocycles. The zero-order chi connectivity index (χ0) is 24.1. The standard InChI is InChI=1S/C26H37ClN6O/c1-18(2)32(21-8-4-3-5-9-21)17-19-12-14-20(15-13-19)25(34)31-33(22-10-6-7-11-22)24-23(27)16-29-26(28)30-24/h12-16,18,21-22H,3-11,17H2,1-2H3,(H,31,34)(H2,28,29,30). The van der Waals surface area contributed by atoms with Crippen LogP contribution in [0.25, 0.3) is 0 Å². The maximum Gasteiger partial charge on any atom is 0.269 e. The number of benzene rings is 1. The van der Waals surface area contributed by atoms with Crippen molar-refractivity contribution in [1.82, 2.24) is 20.3 Å². The minimum Gasteiger partial charge on any atom is -0.368 e. The van der Waals surface area contributed by atoms with Crippen molar-refractivity contribution >= 4 is 29.3 Å². The number of hydrazine groups is 1. The van der Waals surface area contributed by atoms with Gasteiger partial charge in [-0.2, -0.15) is 4.98 Å². The molecule has 2 fully saturated rings.